The lowest BCUT2D eigenvalue weighted by Crippen LogP contribution is -2.24. The van der Waals surface area contributed by atoms with Gasteiger partial charge in [0.2, 0.25) is 0 Å². The summed E-state index contributed by atoms with van der Waals surface area (Å²) in [5.41, 5.74) is 1.88. The van der Waals surface area contributed by atoms with E-state index in [-0.39, 0.29) is 12.4 Å². The van der Waals surface area contributed by atoms with Gasteiger partial charge in [0.15, 0.2) is 0 Å². The molecule has 0 radical (unpaired) electrons. The Hall–Kier alpha value is -2.33. The molecule has 0 spiro atoms. The zero-order valence-electron chi connectivity index (χ0n) is 15.9. The minimum absolute atomic E-state index is 0.225. The molecule has 140 valence electrons. The van der Waals surface area contributed by atoms with Crippen molar-refractivity contribution in [2.75, 3.05) is 13.2 Å². The molecule has 0 aliphatic rings. The summed E-state index contributed by atoms with van der Waals surface area (Å²) in [6.07, 6.45) is 1.08. The molecule has 4 nitrogen and oxygen atoms in total. The highest BCUT2D eigenvalue weighted by molar-refractivity contribution is 5.69. The van der Waals surface area contributed by atoms with Crippen LogP contribution in [0.25, 0.3) is 0 Å². The first-order valence-electron chi connectivity index (χ1n) is 8.98. The number of carbonyl (C=O) groups excluding carboxylic acids is 1. The molecular formula is C22H28O4. The van der Waals surface area contributed by atoms with E-state index in [4.69, 9.17) is 14.2 Å². The fourth-order valence-corrected chi connectivity index (χ4v) is 2.33. The Labute approximate surface area is 156 Å². The molecule has 26 heavy (non-hydrogen) atoms. The van der Waals surface area contributed by atoms with Crippen molar-refractivity contribution >= 4 is 5.97 Å². The zero-order valence-corrected chi connectivity index (χ0v) is 15.9. The largest absolute Gasteiger partial charge is 0.489 e. The molecule has 0 heterocycles. The third kappa shape index (κ3) is 8.17. The molecule has 0 aliphatic heterocycles. The third-order valence-electron chi connectivity index (χ3n) is 3.58. The molecular weight excluding hydrogens is 328 g/mol. The summed E-state index contributed by atoms with van der Waals surface area (Å²) in [4.78, 5) is 11.6. The van der Waals surface area contributed by atoms with Gasteiger partial charge >= 0.3 is 5.97 Å². The van der Waals surface area contributed by atoms with Gasteiger partial charge in [0.1, 0.15) is 18.0 Å². The van der Waals surface area contributed by atoms with E-state index >= 15 is 0 Å². The molecule has 4 heteroatoms. The number of esters is 1. The molecule has 0 bridgehead atoms. The predicted molar refractivity (Wildman–Crippen MR) is 102 cm³/mol. The van der Waals surface area contributed by atoms with Crippen LogP contribution in [0, 0.1) is 0 Å². The molecule has 0 saturated heterocycles. The average molecular weight is 356 g/mol. The maximum Gasteiger partial charge on any atom is 0.308 e. The molecule has 0 fully saturated rings. The first-order valence-corrected chi connectivity index (χ1v) is 8.98. The fraction of sp³-hybridized carbons (Fsp3) is 0.409. The number of carbonyl (C=O) groups is 1. The first-order chi connectivity index (χ1) is 12.4. The van der Waals surface area contributed by atoms with E-state index in [1.165, 1.54) is 5.56 Å². The van der Waals surface area contributed by atoms with Gasteiger partial charge in [0.25, 0.3) is 0 Å². The number of benzene rings is 2. The first kappa shape index (κ1) is 20.0. The van der Waals surface area contributed by atoms with Crippen molar-refractivity contribution < 1.29 is 19.0 Å². The van der Waals surface area contributed by atoms with Crippen LogP contribution < -0.4 is 4.74 Å². The Morgan fingerprint density at radius 3 is 2.23 bits per heavy atom. The summed E-state index contributed by atoms with van der Waals surface area (Å²) >= 11 is 0. The fourth-order valence-electron chi connectivity index (χ4n) is 2.33. The molecule has 2 rings (SSSR count). The topological polar surface area (TPSA) is 44.8 Å². The number of rotatable bonds is 9. The molecule has 0 saturated carbocycles. The normalized spacial score (nSPS) is 11.2. The van der Waals surface area contributed by atoms with E-state index in [2.05, 4.69) is 0 Å². The smallest absolute Gasteiger partial charge is 0.308 e. The summed E-state index contributed by atoms with van der Waals surface area (Å²) in [6.45, 7) is 7.10. The van der Waals surface area contributed by atoms with Crippen molar-refractivity contribution in [3.05, 3.63) is 65.7 Å². The number of hydrogen-bond donors (Lipinski definition) is 0. The minimum Gasteiger partial charge on any atom is -0.489 e. The summed E-state index contributed by atoms with van der Waals surface area (Å²) in [7, 11) is 0. The lowest BCUT2D eigenvalue weighted by molar-refractivity contribution is -0.156. The van der Waals surface area contributed by atoms with Crippen LogP contribution in [0.1, 0.15) is 38.3 Å². The van der Waals surface area contributed by atoms with Gasteiger partial charge in [-0.25, -0.2) is 0 Å². The van der Waals surface area contributed by atoms with E-state index in [0.717, 1.165) is 17.7 Å². The second-order valence-electron chi connectivity index (χ2n) is 7.12. The van der Waals surface area contributed by atoms with Crippen molar-refractivity contribution in [1.82, 2.24) is 0 Å². The third-order valence-corrected chi connectivity index (χ3v) is 3.58. The summed E-state index contributed by atoms with van der Waals surface area (Å²) < 4.78 is 16.5. The highest BCUT2D eigenvalue weighted by atomic mass is 16.6. The van der Waals surface area contributed by atoms with Crippen LogP contribution in [0.4, 0.5) is 0 Å². The molecule has 2 aromatic rings. The molecule has 0 N–H and O–H groups in total. The van der Waals surface area contributed by atoms with Crippen LogP contribution in [-0.2, 0) is 27.3 Å². The van der Waals surface area contributed by atoms with Gasteiger partial charge in [-0.05, 0) is 50.5 Å². The standard InChI is InChI=1S/C22H28O4/c1-22(2,3)26-21(23)14-16-24-15-13-18-9-11-20(12-10-18)25-17-19-7-5-4-6-8-19/h4-12H,13-17H2,1-3H3. The van der Waals surface area contributed by atoms with Gasteiger partial charge in [-0.3, -0.25) is 4.79 Å². The summed E-state index contributed by atoms with van der Waals surface area (Å²) in [5, 5.41) is 0. The van der Waals surface area contributed by atoms with Gasteiger partial charge in [0.05, 0.1) is 19.6 Å². The average Bonchev–Trinajstić information content (AvgIpc) is 2.60. The predicted octanol–water partition coefficient (Wildman–Crippen LogP) is 4.56. The van der Waals surface area contributed by atoms with Gasteiger partial charge in [-0.2, -0.15) is 0 Å². The maximum absolute atomic E-state index is 11.6. The summed E-state index contributed by atoms with van der Waals surface area (Å²) in [5.74, 6) is 0.626. The SMILES string of the molecule is CC(C)(C)OC(=O)CCOCCc1ccc(OCc2ccccc2)cc1. The van der Waals surface area contributed by atoms with E-state index in [9.17, 15) is 4.79 Å². The highest BCUT2D eigenvalue weighted by Gasteiger charge is 2.15. The van der Waals surface area contributed by atoms with Crippen molar-refractivity contribution in [1.29, 1.82) is 0 Å². The summed E-state index contributed by atoms with van der Waals surface area (Å²) in [6, 6.07) is 18.1. The van der Waals surface area contributed by atoms with Gasteiger partial charge in [-0.15, -0.1) is 0 Å². The Bertz CT molecular complexity index is 657. The monoisotopic (exact) mass is 356 g/mol. The van der Waals surface area contributed by atoms with Crippen LogP contribution >= 0.6 is 0 Å². The van der Waals surface area contributed by atoms with Crippen molar-refractivity contribution in [2.45, 2.75) is 45.8 Å². The number of hydrogen-bond acceptors (Lipinski definition) is 4. The second kappa shape index (κ2) is 9.97. The maximum atomic E-state index is 11.6. The van der Waals surface area contributed by atoms with Crippen molar-refractivity contribution in [2.24, 2.45) is 0 Å². The van der Waals surface area contributed by atoms with Gasteiger partial charge in [0, 0.05) is 0 Å². The number of ether oxygens (including phenoxy) is 3. The van der Waals surface area contributed by atoms with Crippen LogP contribution in [0.2, 0.25) is 0 Å². The molecule has 0 unspecified atom stereocenters. The van der Waals surface area contributed by atoms with Crippen LogP contribution in [0.3, 0.4) is 0 Å². The van der Waals surface area contributed by atoms with Crippen molar-refractivity contribution in [3.63, 3.8) is 0 Å². The highest BCUT2D eigenvalue weighted by Crippen LogP contribution is 2.15. The van der Waals surface area contributed by atoms with E-state index in [0.29, 0.717) is 19.8 Å². The molecule has 2 aromatic carbocycles. The molecule has 0 amide bonds. The second-order valence-corrected chi connectivity index (χ2v) is 7.12. The minimum atomic E-state index is -0.443. The zero-order chi connectivity index (χ0) is 18.8. The van der Waals surface area contributed by atoms with Crippen LogP contribution in [0.15, 0.2) is 54.6 Å². The lowest BCUT2D eigenvalue weighted by atomic mass is 10.1. The van der Waals surface area contributed by atoms with Gasteiger partial charge in [-0.1, -0.05) is 42.5 Å². The van der Waals surface area contributed by atoms with E-state index < -0.39 is 5.60 Å². The molecule has 0 aromatic heterocycles. The Balaban J connectivity index is 1.62. The molecule has 0 aliphatic carbocycles. The van der Waals surface area contributed by atoms with Crippen molar-refractivity contribution in [3.8, 4) is 5.75 Å². The Kier molecular flexibility index (Phi) is 7.67. The molecule has 0 atom stereocenters. The van der Waals surface area contributed by atoms with Crippen LogP contribution in [-0.4, -0.2) is 24.8 Å². The Morgan fingerprint density at radius 2 is 1.58 bits per heavy atom. The van der Waals surface area contributed by atoms with E-state index in [1.54, 1.807) is 0 Å². The lowest BCUT2D eigenvalue weighted by Gasteiger charge is -2.19. The van der Waals surface area contributed by atoms with Gasteiger partial charge < -0.3 is 14.2 Å². The quantitative estimate of drug-likeness (QED) is 0.488. The van der Waals surface area contributed by atoms with E-state index in [1.807, 2.05) is 75.4 Å². The van der Waals surface area contributed by atoms with Crippen LogP contribution in [0.5, 0.6) is 5.75 Å². The Morgan fingerprint density at radius 1 is 0.885 bits per heavy atom.